The summed E-state index contributed by atoms with van der Waals surface area (Å²) in [6, 6.07) is 14.0. The van der Waals surface area contributed by atoms with Crippen molar-refractivity contribution in [3.63, 3.8) is 0 Å². The van der Waals surface area contributed by atoms with Gasteiger partial charge in [-0.3, -0.25) is 14.2 Å². The first kappa shape index (κ1) is 26.8. The number of carbonyl (C=O) groups excluding carboxylic acids is 2. The molecule has 1 aromatic heterocycles. The molecule has 38 heavy (non-hydrogen) atoms. The van der Waals surface area contributed by atoms with Crippen LogP contribution in [0.5, 0.6) is 11.5 Å². The van der Waals surface area contributed by atoms with Gasteiger partial charge < -0.3 is 14.2 Å². The molecule has 2 heterocycles. The third-order valence-electron chi connectivity index (χ3n) is 5.65. The third-order valence-corrected chi connectivity index (χ3v) is 6.63. The van der Waals surface area contributed by atoms with Gasteiger partial charge in [0.05, 0.1) is 35.1 Å². The highest BCUT2D eigenvalue weighted by Gasteiger charge is 2.30. The average molecular weight is 533 g/mol. The van der Waals surface area contributed by atoms with E-state index in [4.69, 9.17) is 14.2 Å². The van der Waals surface area contributed by atoms with E-state index in [2.05, 4.69) is 4.99 Å². The topological polar surface area (TPSA) is 96.2 Å². The lowest BCUT2D eigenvalue weighted by molar-refractivity contribution is -0.139. The fourth-order valence-electron chi connectivity index (χ4n) is 4.06. The largest absolute Gasteiger partial charge is 0.490 e. The van der Waals surface area contributed by atoms with Gasteiger partial charge in [0.2, 0.25) is 0 Å². The van der Waals surface area contributed by atoms with Crippen molar-refractivity contribution in [3.8, 4) is 11.5 Å². The fourth-order valence-corrected chi connectivity index (χ4v) is 5.11. The summed E-state index contributed by atoms with van der Waals surface area (Å²) in [5.74, 6) is -0.261. The Kier molecular flexibility index (Phi) is 8.38. The van der Waals surface area contributed by atoms with E-state index in [1.54, 1.807) is 38.1 Å². The summed E-state index contributed by atoms with van der Waals surface area (Å²) < 4.78 is 18.1. The van der Waals surface area contributed by atoms with Crippen LogP contribution in [0.1, 0.15) is 44.9 Å². The molecule has 0 saturated heterocycles. The van der Waals surface area contributed by atoms with Crippen LogP contribution in [0.4, 0.5) is 0 Å². The number of ether oxygens (including phenoxy) is 3. The summed E-state index contributed by atoms with van der Waals surface area (Å²) in [5.41, 5.74) is 2.16. The minimum absolute atomic E-state index is 0.209. The monoisotopic (exact) mass is 532 g/mol. The second kappa shape index (κ2) is 11.9. The summed E-state index contributed by atoms with van der Waals surface area (Å²) in [6.07, 6.45) is 5.43. The Bertz CT molecular complexity index is 1600. The van der Waals surface area contributed by atoms with Gasteiger partial charge in [-0.2, -0.15) is 0 Å². The SMILES string of the molecule is CCOC(=O)C1=C(C)N=c2sc(=Cc3ccc(OC(C)=O)c(OCC)c3)c(=O)n2[C@@H]1/C=C/c1ccccc1. The number of carbonyl (C=O) groups is 2. The van der Waals surface area contributed by atoms with Gasteiger partial charge in [0.1, 0.15) is 0 Å². The molecule has 0 bridgehead atoms. The van der Waals surface area contributed by atoms with Crippen LogP contribution in [0.25, 0.3) is 12.2 Å². The van der Waals surface area contributed by atoms with Crippen LogP contribution in [0, 0.1) is 0 Å². The zero-order valence-corrected chi connectivity index (χ0v) is 22.4. The maximum atomic E-state index is 13.7. The van der Waals surface area contributed by atoms with Gasteiger partial charge in [-0.25, -0.2) is 9.79 Å². The number of benzene rings is 2. The molecule has 0 radical (unpaired) electrons. The Morgan fingerprint density at radius 3 is 2.50 bits per heavy atom. The number of fused-ring (bicyclic) bond motifs is 1. The van der Waals surface area contributed by atoms with Gasteiger partial charge in [0, 0.05) is 6.92 Å². The molecule has 9 heteroatoms. The number of rotatable bonds is 8. The molecule has 0 amide bonds. The molecule has 8 nitrogen and oxygen atoms in total. The van der Waals surface area contributed by atoms with Crippen LogP contribution in [0.2, 0.25) is 0 Å². The van der Waals surface area contributed by atoms with Crippen LogP contribution in [-0.2, 0) is 14.3 Å². The first-order chi connectivity index (χ1) is 18.3. The lowest BCUT2D eigenvalue weighted by Crippen LogP contribution is -2.38. The molecule has 0 aliphatic carbocycles. The minimum Gasteiger partial charge on any atom is -0.490 e. The number of aromatic nitrogens is 1. The number of esters is 2. The van der Waals surface area contributed by atoms with Crippen molar-refractivity contribution in [1.29, 1.82) is 0 Å². The van der Waals surface area contributed by atoms with E-state index in [0.29, 0.717) is 44.3 Å². The van der Waals surface area contributed by atoms with Crippen LogP contribution in [-0.4, -0.2) is 29.7 Å². The molecule has 1 aliphatic rings. The van der Waals surface area contributed by atoms with E-state index in [0.717, 1.165) is 5.56 Å². The Balaban J connectivity index is 1.83. The molecule has 0 saturated carbocycles. The predicted octanol–water partition coefficient (Wildman–Crippen LogP) is 3.79. The second-order valence-corrected chi connectivity index (χ2v) is 9.36. The fraction of sp³-hybridized carbons (Fsp3) is 0.241. The zero-order valence-electron chi connectivity index (χ0n) is 21.6. The van der Waals surface area contributed by atoms with Crippen molar-refractivity contribution < 1.29 is 23.8 Å². The Hall–Kier alpha value is -4.24. The normalized spacial score (nSPS) is 15.3. The van der Waals surface area contributed by atoms with E-state index < -0.39 is 18.0 Å². The van der Waals surface area contributed by atoms with Crippen LogP contribution >= 0.6 is 11.3 Å². The summed E-state index contributed by atoms with van der Waals surface area (Å²) in [5, 5.41) is 0. The highest BCUT2D eigenvalue weighted by Crippen LogP contribution is 2.29. The third kappa shape index (κ3) is 5.84. The first-order valence-electron chi connectivity index (χ1n) is 12.2. The summed E-state index contributed by atoms with van der Waals surface area (Å²) in [4.78, 5) is 43.1. The van der Waals surface area contributed by atoms with Crippen molar-refractivity contribution in [2.75, 3.05) is 13.2 Å². The number of hydrogen-bond acceptors (Lipinski definition) is 8. The molecule has 2 aromatic carbocycles. The van der Waals surface area contributed by atoms with Gasteiger partial charge in [0.15, 0.2) is 16.3 Å². The van der Waals surface area contributed by atoms with Crippen molar-refractivity contribution in [2.24, 2.45) is 4.99 Å². The first-order valence-corrected chi connectivity index (χ1v) is 13.0. The standard InChI is InChI=1S/C29H28N2O6S/c1-5-35-24-16-21(13-15-23(24)37-19(4)32)17-25-27(33)31-22(14-12-20-10-8-7-9-11-20)26(28(34)36-6-2)18(3)30-29(31)38-25/h7-17,22H,5-6H2,1-4H3/b14-12+,25-17?/t22-/m1/s1. The van der Waals surface area contributed by atoms with E-state index in [1.165, 1.54) is 22.8 Å². The van der Waals surface area contributed by atoms with Crippen molar-refractivity contribution in [2.45, 2.75) is 33.7 Å². The Morgan fingerprint density at radius 1 is 1.05 bits per heavy atom. The van der Waals surface area contributed by atoms with Crippen LogP contribution in [0.3, 0.4) is 0 Å². The molecule has 196 valence electrons. The van der Waals surface area contributed by atoms with Crippen molar-refractivity contribution in [3.05, 3.63) is 96.7 Å². The molecular weight excluding hydrogens is 504 g/mol. The maximum absolute atomic E-state index is 13.7. The number of nitrogens with zero attached hydrogens (tertiary/aromatic N) is 2. The smallest absolute Gasteiger partial charge is 0.338 e. The van der Waals surface area contributed by atoms with Gasteiger partial charge in [-0.1, -0.05) is 59.9 Å². The van der Waals surface area contributed by atoms with Crippen LogP contribution in [0.15, 0.2) is 75.7 Å². The molecule has 0 N–H and O–H groups in total. The van der Waals surface area contributed by atoms with Crippen molar-refractivity contribution in [1.82, 2.24) is 4.57 Å². The van der Waals surface area contributed by atoms with Gasteiger partial charge in [-0.15, -0.1) is 0 Å². The number of hydrogen-bond donors (Lipinski definition) is 0. The van der Waals surface area contributed by atoms with Gasteiger partial charge >= 0.3 is 11.9 Å². The number of allylic oxidation sites excluding steroid dienone is 2. The minimum atomic E-state index is -0.682. The summed E-state index contributed by atoms with van der Waals surface area (Å²) >= 11 is 1.23. The number of thiazole rings is 1. The predicted molar refractivity (Wildman–Crippen MR) is 146 cm³/mol. The highest BCUT2D eigenvalue weighted by atomic mass is 32.1. The average Bonchev–Trinajstić information content (AvgIpc) is 3.18. The van der Waals surface area contributed by atoms with E-state index >= 15 is 0 Å². The molecule has 0 unspecified atom stereocenters. The maximum Gasteiger partial charge on any atom is 0.338 e. The Labute approximate surface area is 223 Å². The molecule has 0 fully saturated rings. The molecule has 1 aliphatic heterocycles. The van der Waals surface area contributed by atoms with E-state index in [9.17, 15) is 14.4 Å². The Morgan fingerprint density at radius 2 is 1.82 bits per heavy atom. The summed E-state index contributed by atoms with van der Waals surface area (Å²) in [7, 11) is 0. The summed E-state index contributed by atoms with van der Waals surface area (Å²) in [6.45, 7) is 7.22. The molecule has 3 aromatic rings. The lowest BCUT2D eigenvalue weighted by atomic mass is 10.0. The highest BCUT2D eigenvalue weighted by molar-refractivity contribution is 7.07. The molecule has 1 atom stereocenters. The zero-order chi connectivity index (χ0) is 27.2. The molecule has 0 spiro atoms. The van der Waals surface area contributed by atoms with Crippen LogP contribution < -0.4 is 24.4 Å². The van der Waals surface area contributed by atoms with E-state index in [1.807, 2.05) is 49.4 Å². The van der Waals surface area contributed by atoms with Gasteiger partial charge in [0.25, 0.3) is 5.56 Å². The lowest BCUT2D eigenvalue weighted by Gasteiger charge is -2.21. The van der Waals surface area contributed by atoms with E-state index in [-0.39, 0.29) is 12.2 Å². The molecular formula is C29H28N2O6S. The second-order valence-electron chi connectivity index (χ2n) is 8.35. The van der Waals surface area contributed by atoms with Crippen molar-refractivity contribution >= 4 is 35.4 Å². The van der Waals surface area contributed by atoms with Gasteiger partial charge in [-0.05, 0) is 50.1 Å². The quantitative estimate of drug-likeness (QED) is 0.324. The molecule has 4 rings (SSSR count).